The van der Waals surface area contributed by atoms with Crippen LogP contribution in [0, 0.1) is 5.41 Å². The molecule has 2 fully saturated rings. The summed E-state index contributed by atoms with van der Waals surface area (Å²) in [5, 5.41) is 9.34. The maximum absolute atomic E-state index is 14.2. The van der Waals surface area contributed by atoms with Gasteiger partial charge >= 0.3 is 29.8 Å². The van der Waals surface area contributed by atoms with Gasteiger partial charge in [-0.2, -0.15) is 0 Å². The molecule has 1 aliphatic heterocycles. The van der Waals surface area contributed by atoms with Crippen LogP contribution in [0.15, 0.2) is 16.1 Å². The van der Waals surface area contributed by atoms with Crippen molar-refractivity contribution in [2.45, 2.75) is 134 Å². The van der Waals surface area contributed by atoms with E-state index in [2.05, 4.69) is 10.3 Å². The van der Waals surface area contributed by atoms with Crippen molar-refractivity contribution in [1.82, 2.24) is 24.5 Å². The lowest BCUT2D eigenvalue weighted by molar-refractivity contribution is -0.270. The zero-order valence-corrected chi connectivity index (χ0v) is 33.0. The van der Waals surface area contributed by atoms with Gasteiger partial charge in [-0.3, -0.25) is 33.3 Å². The normalized spacial score (nSPS) is 23.1. The molecule has 0 amide bonds. The molecule has 0 radical (unpaired) electrons. The summed E-state index contributed by atoms with van der Waals surface area (Å²) in [4.78, 5) is 82.1. The van der Waals surface area contributed by atoms with Crippen LogP contribution in [0.5, 0.6) is 0 Å². The van der Waals surface area contributed by atoms with Gasteiger partial charge in [-0.25, -0.2) is 9.67 Å². The molecule has 3 aromatic rings. The van der Waals surface area contributed by atoms with Crippen molar-refractivity contribution in [3.8, 4) is 0 Å². The zero-order valence-electron chi connectivity index (χ0n) is 31.4. The van der Waals surface area contributed by atoms with Gasteiger partial charge in [-0.1, -0.05) is 36.2 Å². The Morgan fingerprint density at radius 2 is 1.62 bits per heavy atom. The summed E-state index contributed by atoms with van der Waals surface area (Å²) >= 11 is 2.74. The number of aromatic nitrogens is 5. The van der Waals surface area contributed by atoms with Crippen LogP contribution < -0.4 is 5.56 Å². The third kappa shape index (κ3) is 9.20. The quantitative estimate of drug-likeness (QED) is 0.111. The summed E-state index contributed by atoms with van der Waals surface area (Å²) in [6.45, 7) is 5.75. The van der Waals surface area contributed by atoms with E-state index in [4.69, 9.17) is 33.4 Å². The predicted octanol–water partition coefficient (Wildman–Crippen LogP) is 3.60. The van der Waals surface area contributed by atoms with Crippen LogP contribution in [0.25, 0.3) is 10.2 Å². The van der Waals surface area contributed by atoms with Crippen LogP contribution in [0.2, 0.25) is 0 Å². The molecule has 6 rings (SSSR count). The van der Waals surface area contributed by atoms with Gasteiger partial charge in [0, 0.05) is 38.3 Å². The van der Waals surface area contributed by atoms with Gasteiger partial charge in [0.2, 0.25) is 0 Å². The molecule has 1 spiro atoms. The van der Waals surface area contributed by atoms with Crippen LogP contribution in [0.3, 0.4) is 0 Å². The first-order chi connectivity index (χ1) is 26.3. The molecule has 0 aromatic carbocycles. The fourth-order valence-electron chi connectivity index (χ4n) is 7.77. The lowest BCUT2D eigenvalue weighted by Gasteiger charge is -2.44. The standard InChI is InChI=1S/C36H45N5O12S2/c1-6-48-27(46)16-40-33(47)28-24-10-13-36(11-8-7-9-12-36)14-26(24)55-32(28)37-35(40)54-18-23-15-41(39-38-23)34-31(52-22(5)45)30(51-21(4)44)29(50-20(3)43)25(53-34)17-49-19(2)42/h15,25,29-31,34H,6-14,16-18H2,1-5H3/t25-,29+,30+,31-,34-/m1/s1. The summed E-state index contributed by atoms with van der Waals surface area (Å²) < 4.78 is 35.7. The van der Waals surface area contributed by atoms with E-state index in [1.807, 2.05) is 0 Å². The average Bonchev–Trinajstić information content (AvgIpc) is 3.73. The number of aryl methyl sites for hydroxylation is 1. The summed E-state index contributed by atoms with van der Waals surface area (Å²) in [6, 6.07) is 0. The highest BCUT2D eigenvalue weighted by Crippen LogP contribution is 2.49. The third-order valence-corrected chi connectivity index (χ3v) is 12.2. The molecule has 0 unspecified atom stereocenters. The van der Waals surface area contributed by atoms with Crippen LogP contribution in [-0.4, -0.2) is 92.0 Å². The number of ether oxygens (including phenoxy) is 6. The first-order valence-electron chi connectivity index (χ1n) is 18.3. The number of fused-ring (bicyclic) bond motifs is 3. The molecule has 4 heterocycles. The Hall–Kier alpha value is -4.36. The predicted molar refractivity (Wildman–Crippen MR) is 195 cm³/mol. The average molecular weight is 804 g/mol. The number of nitrogens with zero attached hydrogens (tertiary/aromatic N) is 5. The molecule has 1 saturated heterocycles. The van der Waals surface area contributed by atoms with Crippen LogP contribution in [-0.2, 0) is 77.5 Å². The van der Waals surface area contributed by atoms with E-state index in [1.165, 1.54) is 71.1 Å². The van der Waals surface area contributed by atoms with Gasteiger partial charge in [0.15, 0.2) is 29.7 Å². The summed E-state index contributed by atoms with van der Waals surface area (Å²) in [7, 11) is 0. The van der Waals surface area contributed by atoms with Crippen LogP contribution in [0.1, 0.15) is 95.5 Å². The van der Waals surface area contributed by atoms with Gasteiger partial charge < -0.3 is 28.4 Å². The highest BCUT2D eigenvalue weighted by Gasteiger charge is 2.53. The topological polar surface area (TPSA) is 206 Å². The molecule has 0 bridgehead atoms. The summed E-state index contributed by atoms with van der Waals surface area (Å²) in [6.07, 6.45) is 3.85. The fourth-order valence-corrected chi connectivity index (χ4v) is 10.1. The molecule has 2 aliphatic carbocycles. The number of esters is 5. The second-order valence-corrected chi connectivity index (χ2v) is 16.1. The van der Waals surface area contributed by atoms with Gasteiger partial charge in [-0.15, -0.1) is 16.4 Å². The lowest BCUT2D eigenvalue weighted by atomic mass is 9.65. The van der Waals surface area contributed by atoms with E-state index in [1.54, 1.807) is 18.3 Å². The molecule has 3 aliphatic rings. The molecule has 298 valence electrons. The van der Waals surface area contributed by atoms with Crippen molar-refractivity contribution in [3.05, 3.63) is 32.7 Å². The second-order valence-electron chi connectivity index (χ2n) is 14.1. The Balaban J connectivity index is 1.30. The highest BCUT2D eigenvalue weighted by atomic mass is 32.2. The molecule has 17 nitrogen and oxygen atoms in total. The maximum Gasteiger partial charge on any atom is 0.326 e. The molecule has 19 heteroatoms. The molecule has 1 saturated carbocycles. The maximum atomic E-state index is 14.2. The highest BCUT2D eigenvalue weighted by molar-refractivity contribution is 7.98. The van der Waals surface area contributed by atoms with E-state index < -0.39 is 67.1 Å². The monoisotopic (exact) mass is 803 g/mol. The van der Waals surface area contributed by atoms with E-state index in [0.29, 0.717) is 21.1 Å². The number of hydrogen-bond acceptors (Lipinski definition) is 17. The fraction of sp³-hybridized carbons (Fsp3) is 0.639. The van der Waals surface area contributed by atoms with E-state index in [-0.39, 0.29) is 29.9 Å². The molecule has 0 N–H and O–H groups in total. The van der Waals surface area contributed by atoms with E-state index in [9.17, 15) is 28.8 Å². The first kappa shape index (κ1) is 40.3. The largest absolute Gasteiger partial charge is 0.465 e. The van der Waals surface area contributed by atoms with Gasteiger partial charge in [0.1, 0.15) is 24.1 Å². The Bertz CT molecular complexity index is 2000. The van der Waals surface area contributed by atoms with Gasteiger partial charge in [0.05, 0.1) is 23.9 Å². The first-order valence-corrected chi connectivity index (χ1v) is 20.1. The van der Waals surface area contributed by atoms with Crippen LogP contribution in [0.4, 0.5) is 0 Å². The third-order valence-electron chi connectivity index (χ3n) is 10.0. The number of thioether (sulfide) groups is 1. The Morgan fingerprint density at radius 1 is 0.927 bits per heavy atom. The summed E-state index contributed by atoms with van der Waals surface area (Å²) in [5.41, 5.74) is 1.41. The molecule has 5 atom stereocenters. The van der Waals surface area contributed by atoms with Gasteiger partial charge in [-0.05, 0) is 50.0 Å². The van der Waals surface area contributed by atoms with E-state index >= 15 is 0 Å². The minimum Gasteiger partial charge on any atom is -0.465 e. The van der Waals surface area contributed by atoms with Crippen molar-refractivity contribution in [2.24, 2.45) is 5.41 Å². The molecule has 3 aromatic heterocycles. The number of carbonyl (C=O) groups is 5. The number of rotatable bonds is 12. The van der Waals surface area contributed by atoms with E-state index in [0.717, 1.165) is 45.6 Å². The zero-order chi connectivity index (χ0) is 39.4. The van der Waals surface area contributed by atoms with Crippen molar-refractivity contribution in [1.29, 1.82) is 0 Å². The Kier molecular flexibility index (Phi) is 12.6. The molecule has 55 heavy (non-hydrogen) atoms. The minimum atomic E-state index is -1.38. The number of hydrogen-bond donors (Lipinski definition) is 0. The van der Waals surface area contributed by atoms with Crippen molar-refractivity contribution >= 4 is 63.2 Å². The SMILES string of the molecule is CCOC(=O)Cn1c(SCc2cn([C@@H]3O[C@H](COC(C)=O)[C@H](OC(C)=O)[C@H](OC(C)=O)[C@H]3OC(C)=O)nn2)nc2sc3c(c2c1=O)CCC1(CCCCC1)C3. The van der Waals surface area contributed by atoms with Crippen molar-refractivity contribution < 1.29 is 52.4 Å². The number of thiophene rings is 1. The molecular weight excluding hydrogens is 759 g/mol. The molecular formula is C36H45N5O12S2. The number of carbonyl (C=O) groups excluding carboxylic acids is 5. The Labute approximate surface area is 324 Å². The van der Waals surface area contributed by atoms with Crippen molar-refractivity contribution in [2.75, 3.05) is 13.2 Å². The van der Waals surface area contributed by atoms with Crippen molar-refractivity contribution in [3.63, 3.8) is 0 Å². The smallest absolute Gasteiger partial charge is 0.326 e. The second kappa shape index (κ2) is 17.2. The Morgan fingerprint density at radius 3 is 2.29 bits per heavy atom. The minimum absolute atomic E-state index is 0.139. The van der Waals surface area contributed by atoms with Crippen LogP contribution >= 0.6 is 23.1 Å². The lowest BCUT2D eigenvalue weighted by Crippen LogP contribution is -2.60. The van der Waals surface area contributed by atoms with Gasteiger partial charge in [0.25, 0.3) is 5.56 Å². The summed E-state index contributed by atoms with van der Waals surface area (Å²) in [5.74, 6) is -3.33.